The Morgan fingerprint density at radius 2 is 1.46 bits per heavy atom. The van der Waals surface area contributed by atoms with Crippen molar-refractivity contribution in [3.8, 4) is 17.1 Å². The summed E-state index contributed by atoms with van der Waals surface area (Å²) >= 11 is 0. The van der Waals surface area contributed by atoms with Gasteiger partial charge in [-0.1, -0.05) is 68.7 Å². The number of carbonyl (C=O) groups excluding carboxylic acids is 3. The summed E-state index contributed by atoms with van der Waals surface area (Å²) in [5.41, 5.74) is 5.48. The highest BCUT2D eigenvalue weighted by molar-refractivity contribution is 7.89. The van der Waals surface area contributed by atoms with Crippen molar-refractivity contribution < 1.29 is 27.5 Å². The number of aromatic nitrogens is 2. The molecule has 2 aliphatic carbocycles. The van der Waals surface area contributed by atoms with E-state index in [9.17, 15) is 22.8 Å². The van der Waals surface area contributed by atoms with Crippen molar-refractivity contribution in [1.29, 1.82) is 0 Å². The smallest absolute Gasteiger partial charge is 0.254 e. The number of carbonyl (C=O) groups is 3. The van der Waals surface area contributed by atoms with Gasteiger partial charge in [0, 0.05) is 41.3 Å². The Morgan fingerprint density at radius 1 is 0.804 bits per heavy atom. The first-order valence-electron chi connectivity index (χ1n) is 19.4. The van der Waals surface area contributed by atoms with Crippen LogP contribution in [0, 0.1) is 17.8 Å². The number of anilines is 1. The van der Waals surface area contributed by atoms with Gasteiger partial charge in [0.1, 0.15) is 12.3 Å². The van der Waals surface area contributed by atoms with E-state index in [-0.39, 0.29) is 24.4 Å². The van der Waals surface area contributed by atoms with Gasteiger partial charge in [-0.25, -0.2) is 18.4 Å². The molecule has 1 fully saturated rings. The molecule has 1 saturated carbocycles. The van der Waals surface area contributed by atoms with Crippen LogP contribution in [0.15, 0.2) is 91.3 Å². The van der Waals surface area contributed by atoms with Crippen molar-refractivity contribution in [2.75, 3.05) is 25.2 Å². The molecular formula is C44H51N5O6S. The minimum atomic E-state index is -3.83. The molecule has 0 radical (unpaired) electrons. The second-order valence-electron chi connectivity index (χ2n) is 15.1. The van der Waals surface area contributed by atoms with Gasteiger partial charge in [-0.05, 0) is 103 Å². The Morgan fingerprint density at radius 3 is 2.05 bits per heavy atom. The van der Waals surface area contributed by atoms with Crippen LogP contribution < -0.4 is 14.8 Å². The summed E-state index contributed by atoms with van der Waals surface area (Å²) in [5.74, 6) is 2.29. The number of hydrogen-bond donors (Lipinski definition) is 2. The first-order valence-corrected chi connectivity index (χ1v) is 21.3. The molecule has 0 aliphatic heterocycles. The lowest BCUT2D eigenvalue weighted by atomic mass is 9.71. The van der Waals surface area contributed by atoms with E-state index < -0.39 is 28.4 Å². The average molecular weight is 778 g/mol. The molecule has 4 aromatic rings. The number of nitrogens with zero attached hydrogens (tertiary/aromatic N) is 3. The molecule has 1 unspecified atom stereocenters. The second-order valence-corrected chi connectivity index (χ2v) is 16.8. The van der Waals surface area contributed by atoms with E-state index in [1.807, 2.05) is 53.5 Å². The summed E-state index contributed by atoms with van der Waals surface area (Å²) < 4.78 is 30.7. The van der Waals surface area contributed by atoms with E-state index in [1.165, 1.54) is 49.0 Å². The summed E-state index contributed by atoms with van der Waals surface area (Å²) in [5, 5.41) is 2.83. The molecule has 3 amide bonds. The molecule has 2 aliphatic rings. The molecule has 3 aromatic carbocycles. The Bertz CT molecular complexity index is 2110. The molecule has 12 heteroatoms. The van der Waals surface area contributed by atoms with Crippen LogP contribution in [0.4, 0.5) is 5.69 Å². The molecule has 0 bridgehead atoms. The third-order valence-electron chi connectivity index (χ3n) is 11.1. The Kier molecular flexibility index (Phi) is 13.3. The predicted octanol–water partition coefficient (Wildman–Crippen LogP) is 7.45. The molecule has 11 nitrogen and oxygen atoms in total. The van der Waals surface area contributed by atoms with E-state index in [4.69, 9.17) is 4.74 Å². The average Bonchev–Trinajstić information content (AvgIpc) is 3.20. The maximum atomic E-state index is 13.7. The van der Waals surface area contributed by atoms with Gasteiger partial charge < -0.3 is 15.0 Å². The minimum absolute atomic E-state index is 0.0334. The van der Waals surface area contributed by atoms with E-state index >= 15 is 0 Å². The summed E-state index contributed by atoms with van der Waals surface area (Å²) in [4.78, 5) is 49.7. The fourth-order valence-electron chi connectivity index (χ4n) is 7.86. The zero-order valence-electron chi connectivity index (χ0n) is 32.4. The van der Waals surface area contributed by atoms with Gasteiger partial charge in [0.05, 0.1) is 19.8 Å². The van der Waals surface area contributed by atoms with Crippen molar-refractivity contribution in [2.45, 2.75) is 71.3 Å². The van der Waals surface area contributed by atoms with E-state index in [1.54, 1.807) is 43.5 Å². The molecule has 1 heterocycles. The third kappa shape index (κ3) is 11.1. The van der Waals surface area contributed by atoms with E-state index in [2.05, 4.69) is 28.3 Å². The van der Waals surface area contributed by atoms with Crippen LogP contribution in [-0.2, 0) is 32.6 Å². The Balaban J connectivity index is 1.08. The van der Waals surface area contributed by atoms with Gasteiger partial charge in [-0.3, -0.25) is 19.1 Å². The number of sulfonamides is 1. The molecule has 0 spiro atoms. The van der Waals surface area contributed by atoms with Gasteiger partial charge in [0.2, 0.25) is 15.9 Å². The van der Waals surface area contributed by atoms with Crippen molar-refractivity contribution in [2.24, 2.45) is 17.8 Å². The maximum absolute atomic E-state index is 13.7. The lowest BCUT2D eigenvalue weighted by Crippen LogP contribution is -2.42. The molecule has 6 rings (SSSR count). The predicted molar refractivity (Wildman–Crippen MR) is 218 cm³/mol. The zero-order valence-corrected chi connectivity index (χ0v) is 33.2. The first kappa shape index (κ1) is 40.3. The highest BCUT2D eigenvalue weighted by atomic mass is 32.2. The van der Waals surface area contributed by atoms with Crippen molar-refractivity contribution >= 4 is 39.0 Å². The molecule has 294 valence electrons. The quantitative estimate of drug-likeness (QED) is 0.134. The number of ether oxygens (including phenoxy) is 1. The number of allylic oxidation sites excluding steroid dienone is 2. The monoisotopic (exact) mass is 777 g/mol. The minimum Gasteiger partial charge on any atom is -0.497 e. The highest BCUT2D eigenvalue weighted by Crippen LogP contribution is 2.41. The van der Waals surface area contributed by atoms with Crippen LogP contribution in [-0.4, -0.2) is 60.9 Å². The van der Waals surface area contributed by atoms with Gasteiger partial charge in [0.25, 0.3) is 11.8 Å². The lowest BCUT2D eigenvalue weighted by molar-refractivity contribution is -0.120. The SMILES string of the molecule is CCC1CCC(C2CC=C(c3cnc(-c4ccc(CN(CC(=O)NS(C)(=O)=O)C(=O)c5ccc(NC(=O)Cc6ccc(OC)cc6)cc5)cc4)nc3)CC2)CC1. The number of nitrogens with one attached hydrogen (secondary N) is 2. The maximum Gasteiger partial charge on any atom is 0.254 e. The third-order valence-corrected chi connectivity index (χ3v) is 11.7. The normalized spacial score (nSPS) is 18.3. The molecule has 1 atom stereocenters. The summed E-state index contributed by atoms with van der Waals surface area (Å²) in [6.45, 7) is 1.86. The summed E-state index contributed by atoms with van der Waals surface area (Å²) in [7, 11) is -2.26. The molecule has 0 saturated heterocycles. The first-order chi connectivity index (χ1) is 27.0. The van der Waals surface area contributed by atoms with Crippen LogP contribution in [0.2, 0.25) is 0 Å². The van der Waals surface area contributed by atoms with Crippen LogP contribution >= 0.6 is 0 Å². The van der Waals surface area contributed by atoms with E-state index in [0.29, 0.717) is 17.3 Å². The van der Waals surface area contributed by atoms with Crippen molar-refractivity contribution in [3.63, 3.8) is 0 Å². The van der Waals surface area contributed by atoms with Gasteiger partial charge >= 0.3 is 0 Å². The van der Waals surface area contributed by atoms with Crippen molar-refractivity contribution in [3.05, 3.63) is 114 Å². The van der Waals surface area contributed by atoms with Gasteiger partial charge in [0.15, 0.2) is 5.82 Å². The molecule has 1 aromatic heterocycles. The van der Waals surface area contributed by atoms with Crippen LogP contribution in [0.25, 0.3) is 17.0 Å². The summed E-state index contributed by atoms with van der Waals surface area (Å²) in [6.07, 6.45) is 17.5. The van der Waals surface area contributed by atoms with Crippen molar-refractivity contribution in [1.82, 2.24) is 19.6 Å². The Hall–Kier alpha value is -5.36. The Labute approximate surface area is 330 Å². The van der Waals surface area contributed by atoms with Crippen LogP contribution in [0.3, 0.4) is 0 Å². The standard InChI is InChI=1S/C44H51N5O6S/c1-4-30-5-11-33(12-6-30)34-15-17-35(18-16-34)38-26-45-43(46-27-38)36-13-7-32(8-14-36)28-49(29-42(51)48-56(3,53)54)44(52)37-19-21-39(22-20-37)47-41(50)25-31-9-23-40(55-2)24-10-31/h7-10,13-14,17,19-24,26-27,30,33-34H,4-6,11-12,15-16,18,25,28-29H2,1-3H3,(H,47,50)(H,48,51). The molecule has 56 heavy (non-hydrogen) atoms. The zero-order chi connectivity index (χ0) is 39.7. The number of methoxy groups -OCH3 is 1. The largest absolute Gasteiger partial charge is 0.497 e. The fourth-order valence-corrected chi connectivity index (χ4v) is 8.34. The van der Waals surface area contributed by atoms with Crippen LogP contribution in [0.5, 0.6) is 5.75 Å². The second kappa shape index (κ2) is 18.5. The number of benzene rings is 3. The fraction of sp³-hybridized carbons (Fsp3) is 0.386. The summed E-state index contributed by atoms with van der Waals surface area (Å²) in [6, 6.07) is 20.9. The van der Waals surface area contributed by atoms with Gasteiger partial charge in [-0.2, -0.15) is 0 Å². The highest BCUT2D eigenvalue weighted by Gasteiger charge is 2.28. The number of rotatable bonds is 14. The molecule has 2 N–H and O–H groups in total. The molecular weight excluding hydrogens is 727 g/mol. The van der Waals surface area contributed by atoms with E-state index in [0.717, 1.165) is 59.1 Å². The van der Waals surface area contributed by atoms with Crippen LogP contribution in [0.1, 0.15) is 85.3 Å². The number of amides is 3. The number of hydrogen-bond acceptors (Lipinski definition) is 8. The topological polar surface area (TPSA) is 148 Å². The van der Waals surface area contributed by atoms with Gasteiger partial charge in [-0.15, -0.1) is 0 Å². The lowest BCUT2D eigenvalue weighted by Gasteiger charge is -2.35.